The van der Waals surface area contributed by atoms with Gasteiger partial charge in [-0.15, -0.1) is 4.91 Å². The van der Waals surface area contributed by atoms with Gasteiger partial charge in [-0.2, -0.15) is 0 Å². The van der Waals surface area contributed by atoms with Gasteiger partial charge >= 0.3 is 0 Å². The summed E-state index contributed by atoms with van der Waals surface area (Å²) in [6.07, 6.45) is 5.68. The number of hydrogen-bond donors (Lipinski definition) is 0. The molecule has 0 aromatic carbocycles. The van der Waals surface area contributed by atoms with Crippen molar-refractivity contribution in [2.24, 2.45) is 5.18 Å². The molecular weight excluding hydrogens is 194 g/mol. The molecule has 0 N–H and O–H groups in total. The fourth-order valence-corrected chi connectivity index (χ4v) is 1.61. The van der Waals surface area contributed by atoms with Crippen LogP contribution in [0, 0.1) is 11.8 Å². The minimum atomic E-state index is 0.409. The van der Waals surface area contributed by atoms with Crippen molar-refractivity contribution in [3.63, 3.8) is 0 Å². The van der Waals surface area contributed by atoms with Crippen molar-refractivity contribution < 1.29 is 4.74 Å². The number of imidazole rings is 1. The summed E-state index contributed by atoms with van der Waals surface area (Å²) < 4.78 is 7.34. The maximum Gasteiger partial charge on any atom is 0.200 e. The first kappa shape index (κ1) is 10.3. The Hall–Kier alpha value is -1.23. The van der Waals surface area contributed by atoms with Crippen LogP contribution in [0.15, 0.2) is 11.5 Å². The molecule has 1 fully saturated rings. The number of aromatic nitrogens is 2. The predicted molar refractivity (Wildman–Crippen MR) is 56.0 cm³/mol. The van der Waals surface area contributed by atoms with E-state index in [4.69, 9.17) is 4.74 Å². The second-order valence-corrected chi connectivity index (χ2v) is 3.86. The van der Waals surface area contributed by atoms with Crippen molar-refractivity contribution >= 4 is 5.82 Å². The molecule has 1 heterocycles. The first-order valence-corrected chi connectivity index (χ1v) is 5.28. The Morgan fingerprint density at radius 1 is 1.67 bits per heavy atom. The summed E-state index contributed by atoms with van der Waals surface area (Å²) in [5.41, 5.74) is 0.675. The van der Waals surface area contributed by atoms with E-state index in [9.17, 15) is 4.91 Å². The largest absolute Gasteiger partial charge is 0.376 e. The predicted octanol–water partition coefficient (Wildman–Crippen LogP) is 2.16. The molecule has 15 heavy (non-hydrogen) atoms. The third kappa shape index (κ3) is 2.23. The Labute approximate surface area is 88.4 Å². The summed E-state index contributed by atoms with van der Waals surface area (Å²) in [6.45, 7) is 3.06. The molecule has 1 aromatic rings. The fourth-order valence-electron chi connectivity index (χ4n) is 1.61. The van der Waals surface area contributed by atoms with E-state index in [1.807, 2.05) is 0 Å². The summed E-state index contributed by atoms with van der Waals surface area (Å²) in [4.78, 5) is 14.6. The Morgan fingerprint density at radius 2 is 2.47 bits per heavy atom. The minimum absolute atomic E-state index is 0.409. The molecule has 0 radical (unpaired) electrons. The van der Waals surface area contributed by atoms with Gasteiger partial charge in [-0.25, -0.2) is 4.98 Å². The summed E-state index contributed by atoms with van der Waals surface area (Å²) in [5, 5.41) is 2.96. The number of ether oxygens (including phenoxy) is 1. The van der Waals surface area contributed by atoms with Crippen LogP contribution in [0.2, 0.25) is 0 Å². The van der Waals surface area contributed by atoms with Gasteiger partial charge in [0.2, 0.25) is 0 Å². The standard InChI is InChI=1S/C10H15N3O2/c1-8-10(12-14)13(7-11-8)5-6-15-9-3-2-4-9/h7,9H,2-6H2,1H3. The normalized spacial score (nSPS) is 16.3. The van der Waals surface area contributed by atoms with Gasteiger partial charge in [0.1, 0.15) is 0 Å². The van der Waals surface area contributed by atoms with Crippen LogP contribution in [0.4, 0.5) is 5.82 Å². The van der Waals surface area contributed by atoms with E-state index >= 15 is 0 Å². The van der Waals surface area contributed by atoms with Crippen molar-refractivity contribution in [2.45, 2.75) is 38.8 Å². The average molecular weight is 209 g/mol. The molecule has 1 aromatic heterocycles. The lowest BCUT2D eigenvalue weighted by molar-refractivity contribution is -0.00120. The maximum atomic E-state index is 10.5. The smallest absolute Gasteiger partial charge is 0.200 e. The molecule has 5 nitrogen and oxygen atoms in total. The summed E-state index contributed by atoms with van der Waals surface area (Å²) >= 11 is 0. The van der Waals surface area contributed by atoms with Crippen LogP contribution in [-0.4, -0.2) is 22.3 Å². The van der Waals surface area contributed by atoms with Gasteiger partial charge in [0, 0.05) is 6.54 Å². The van der Waals surface area contributed by atoms with E-state index in [-0.39, 0.29) is 0 Å². The molecule has 82 valence electrons. The maximum absolute atomic E-state index is 10.5. The Balaban J connectivity index is 1.83. The van der Waals surface area contributed by atoms with Gasteiger partial charge < -0.3 is 9.30 Å². The SMILES string of the molecule is Cc1ncn(CCOC2CCC2)c1N=O. The molecule has 1 saturated carbocycles. The van der Waals surface area contributed by atoms with Crippen LogP contribution in [0.5, 0.6) is 0 Å². The molecule has 0 saturated heterocycles. The highest BCUT2D eigenvalue weighted by atomic mass is 16.5. The number of nitroso groups, excluding NO2 is 1. The zero-order valence-electron chi connectivity index (χ0n) is 8.85. The molecule has 0 atom stereocenters. The van der Waals surface area contributed by atoms with Crippen molar-refractivity contribution in [1.82, 2.24) is 9.55 Å². The van der Waals surface area contributed by atoms with Gasteiger partial charge in [0.15, 0.2) is 5.82 Å². The number of rotatable bonds is 5. The van der Waals surface area contributed by atoms with Crippen molar-refractivity contribution in [2.75, 3.05) is 6.61 Å². The van der Waals surface area contributed by atoms with Gasteiger partial charge in [0.25, 0.3) is 0 Å². The highest BCUT2D eigenvalue weighted by Crippen LogP contribution is 2.22. The van der Waals surface area contributed by atoms with Gasteiger partial charge in [-0.3, -0.25) is 0 Å². The molecule has 0 bridgehead atoms. The van der Waals surface area contributed by atoms with Crippen LogP contribution in [0.1, 0.15) is 25.0 Å². The quantitative estimate of drug-likeness (QED) is 0.698. The van der Waals surface area contributed by atoms with Crippen LogP contribution < -0.4 is 0 Å². The molecule has 0 unspecified atom stereocenters. The average Bonchev–Trinajstić information content (AvgIpc) is 2.51. The highest BCUT2D eigenvalue weighted by molar-refractivity contribution is 5.33. The highest BCUT2D eigenvalue weighted by Gasteiger charge is 2.17. The van der Waals surface area contributed by atoms with Crippen molar-refractivity contribution in [1.29, 1.82) is 0 Å². The summed E-state index contributed by atoms with van der Waals surface area (Å²) in [5.74, 6) is 0.409. The Kier molecular flexibility index (Phi) is 3.11. The third-order valence-electron chi connectivity index (χ3n) is 2.81. The molecule has 0 amide bonds. The minimum Gasteiger partial charge on any atom is -0.376 e. The van der Waals surface area contributed by atoms with Gasteiger partial charge in [-0.1, -0.05) is 0 Å². The zero-order valence-corrected chi connectivity index (χ0v) is 8.85. The lowest BCUT2D eigenvalue weighted by atomic mass is 9.96. The molecular formula is C10H15N3O2. The molecule has 0 aliphatic heterocycles. The number of hydrogen-bond acceptors (Lipinski definition) is 4. The van der Waals surface area contributed by atoms with Crippen molar-refractivity contribution in [3.8, 4) is 0 Å². The van der Waals surface area contributed by atoms with Crippen LogP contribution >= 0.6 is 0 Å². The van der Waals surface area contributed by atoms with Crippen molar-refractivity contribution in [3.05, 3.63) is 16.9 Å². The Bertz CT molecular complexity index is 344. The monoisotopic (exact) mass is 209 g/mol. The van der Waals surface area contributed by atoms with Crippen LogP contribution in [0.25, 0.3) is 0 Å². The van der Waals surface area contributed by atoms with Crippen LogP contribution in [-0.2, 0) is 11.3 Å². The van der Waals surface area contributed by atoms with E-state index in [0.29, 0.717) is 30.8 Å². The third-order valence-corrected chi connectivity index (χ3v) is 2.81. The molecule has 5 heteroatoms. The fraction of sp³-hybridized carbons (Fsp3) is 0.700. The first-order chi connectivity index (χ1) is 7.31. The first-order valence-electron chi connectivity index (χ1n) is 5.28. The van der Waals surface area contributed by atoms with Gasteiger partial charge in [0.05, 0.1) is 24.7 Å². The zero-order chi connectivity index (χ0) is 10.7. The topological polar surface area (TPSA) is 56.5 Å². The number of nitrogens with zero attached hydrogens (tertiary/aromatic N) is 3. The van der Waals surface area contributed by atoms with E-state index in [1.54, 1.807) is 17.8 Å². The molecule has 2 rings (SSSR count). The second kappa shape index (κ2) is 4.53. The number of aryl methyl sites for hydroxylation is 1. The molecule has 1 aliphatic rings. The van der Waals surface area contributed by atoms with Gasteiger partial charge in [-0.05, 0) is 31.4 Å². The van der Waals surface area contributed by atoms with E-state index in [0.717, 1.165) is 0 Å². The molecule has 1 aliphatic carbocycles. The van der Waals surface area contributed by atoms with E-state index in [1.165, 1.54) is 19.3 Å². The lowest BCUT2D eigenvalue weighted by Gasteiger charge is -2.25. The van der Waals surface area contributed by atoms with E-state index in [2.05, 4.69) is 10.2 Å². The van der Waals surface area contributed by atoms with E-state index < -0.39 is 0 Å². The second-order valence-electron chi connectivity index (χ2n) is 3.86. The Morgan fingerprint density at radius 3 is 3.07 bits per heavy atom. The summed E-state index contributed by atoms with van der Waals surface area (Å²) in [6, 6.07) is 0. The molecule has 0 spiro atoms. The van der Waals surface area contributed by atoms with Crippen LogP contribution in [0.3, 0.4) is 0 Å². The summed E-state index contributed by atoms with van der Waals surface area (Å²) in [7, 11) is 0. The lowest BCUT2D eigenvalue weighted by Crippen LogP contribution is -2.23.